The lowest BCUT2D eigenvalue weighted by Crippen LogP contribution is -2.54. The van der Waals surface area contributed by atoms with Gasteiger partial charge in [0.2, 0.25) is 11.8 Å². The number of rotatable bonds is 9. The molecule has 0 spiro atoms. The first kappa shape index (κ1) is 26.3. The molecule has 182 valence electrons. The maximum atomic E-state index is 13.4. The van der Waals surface area contributed by atoms with Crippen LogP contribution in [0.3, 0.4) is 0 Å². The number of furan rings is 1. The second-order valence-corrected chi connectivity index (χ2v) is 10.1. The van der Waals surface area contributed by atoms with E-state index in [2.05, 4.69) is 0 Å². The molecule has 33 heavy (non-hydrogen) atoms. The first-order chi connectivity index (χ1) is 15.4. The van der Waals surface area contributed by atoms with Gasteiger partial charge in [0.15, 0.2) is 11.5 Å². The highest BCUT2D eigenvalue weighted by molar-refractivity contribution is 5.88. The molecule has 0 unspecified atom stereocenters. The number of ether oxygens (including phenoxy) is 2. The normalized spacial score (nSPS) is 11.8. The van der Waals surface area contributed by atoms with Gasteiger partial charge in [0.1, 0.15) is 12.3 Å². The SMILES string of the molecule is COc1ccc(CCN(Cc2ccco2)C(=O)CN(C(=O)C(C)(C)C)C(C)(C)C)cc1OC. The highest BCUT2D eigenvalue weighted by Crippen LogP contribution is 2.28. The summed E-state index contributed by atoms with van der Waals surface area (Å²) >= 11 is 0. The Hall–Kier alpha value is -2.96. The Balaban J connectivity index is 2.23. The number of carbonyl (C=O) groups excluding carboxylic acids is 2. The molecular weight excluding hydrogens is 420 g/mol. The van der Waals surface area contributed by atoms with Gasteiger partial charge in [-0.05, 0) is 57.0 Å². The van der Waals surface area contributed by atoms with Gasteiger partial charge in [-0.1, -0.05) is 26.8 Å². The van der Waals surface area contributed by atoms with E-state index in [9.17, 15) is 9.59 Å². The fourth-order valence-corrected chi connectivity index (χ4v) is 3.44. The van der Waals surface area contributed by atoms with E-state index in [0.717, 1.165) is 5.56 Å². The maximum Gasteiger partial charge on any atom is 0.242 e. The standard InChI is InChI=1S/C26H38N2O5/c1-25(2,3)24(30)28(26(4,5)6)18-23(29)27(17-20-10-9-15-33-20)14-13-19-11-12-21(31-7)22(16-19)32-8/h9-12,15-16H,13-14,17-18H2,1-8H3. The molecule has 0 atom stereocenters. The maximum absolute atomic E-state index is 13.4. The minimum Gasteiger partial charge on any atom is -0.493 e. The predicted octanol–water partition coefficient (Wildman–Crippen LogP) is 4.54. The third kappa shape index (κ3) is 7.27. The second kappa shape index (κ2) is 10.8. The van der Waals surface area contributed by atoms with Gasteiger partial charge in [0.05, 0.1) is 27.0 Å². The highest BCUT2D eigenvalue weighted by atomic mass is 16.5. The topological polar surface area (TPSA) is 72.2 Å². The van der Waals surface area contributed by atoms with Gasteiger partial charge < -0.3 is 23.7 Å². The van der Waals surface area contributed by atoms with Gasteiger partial charge in [-0.2, -0.15) is 0 Å². The summed E-state index contributed by atoms with van der Waals surface area (Å²) in [6.45, 7) is 12.3. The number of carbonyl (C=O) groups is 2. The Morgan fingerprint density at radius 3 is 2.15 bits per heavy atom. The smallest absolute Gasteiger partial charge is 0.242 e. The van der Waals surface area contributed by atoms with Crippen molar-refractivity contribution in [3.8, 4) is 11.5 Å². The third-order valence-corrected chi connectivity index (χ3v) is 5.39. The molecule has 2 rings (SSSR count). The van der Waals surface area contributed by atoms with Crippen LogP contribution in [0.15, 0.2) is 41.0 Å². The molecule has 1 aromatic carbocycles. The van der Waals surface area contributed by atoms with Crippen molar-refractivity contribution in [1.29, 1.82) is 0 Å². The molecule has 0 aliphatic rings. The summed E-state index contributed by atoms with van der Waals surface area (Å²) in [5.74, 6) is 1.82. The summed E-state index contributed by atoms with van der Waals surface area (Å²) in [5.41, 5.74) is -0.0537. The zero-order valence-corrected chi connectivity index (χ0v) is 21.2. The van der Waals surface area contributed by atoms with Crippen LogP contribution in [0.25, 0.3) is 0 Å². The zero-order chi connectivity index (χ0) is 24.8. The molecule has 0 bridgehead atoms. The minimum absolute atomic E-state index is 0.00620. The molecule has 0 N–H and O–H groups in total. The number of benzene rings is 1. The lowest BCUT2D eigenvalue weighted by molar-refractivity contribution is -0.150. The van der Waals surface area contributed by atoms with Crippen molar-refractivity contribution in [3.63, 3.8) is 0 Å². The largest absolute Gasteiger partial charge is 0.493 e. The number of hydrogen-bond donors (Lipinski definition) is 0. The molecule has 7 heteroatoms. The van der Waals surface area contributed by atoms with E-state index in [4.69, 9.17) is 13.9 Å². The second-order valence-electron chi connectivity index (χ2n) is 10.1. The van der Waals surface area contributed by atoms with Gasteiger partial charge in [-0.3, -0.25) is 9.59 Å². The lowest BCUT2D eigenvalue weighted by Gasteiger charge is -2.40. The molecule has 1 aromatic heterocycles. The number of hydrogen-bond acceptors (Lipinski definition) is 5. The van der Waals surface area contributed by atoms with Crippen LogP contribution < -0.4 is 9.47 Å². The van der Waals surface area contributed by atoms with Crippen molar-refractivity contribution >= 4 is 11.8 Å². The van der Waals surface area contributed by atoms with Gasteiger partial charge in [-0.25, -0.2) is 0 Å². The molecular formula is C26H38N2O5. The van der Waals surface area contributed by atoms with E-state index in [1.807, 2.05) is 65.8 Å². The number of methoxy groups -OCH3 is 2. The van der Waals surface area contributed by atoms with Gasteiger partial charge in [0.25, 0.3) is 0 Å². The molecule has 0 saturated carbocycles. The van der Waals surface area contributed by atoms with Crippen LogP contribution >= 0.6 is 0 Å². The quantitative estimate of drug-likeness (QED) is 0.552. The van der Waals surface area contributed by atoms with Crippen LogP contribution in [0.4, 0.5) is 0 Å². The number of nitrogens with zero attached hydrogens (tertiary/aromatic N) is 2. The molecule has 0 aliphatic carbocycles. The molecule has 2 aromatic rings. The molecule has 0 radical (unpaired) electrons. The van der Waals surface area contributed by atoms with E-state index < -0.39 is 11.0 Å². The van der Waals surface area contributed by atoms with Crippen molar-refractivity contribution in [2.75, 3.05) is 27.3 Å². The lowest BCUT2D eigenvalue weighted by atomic mass is 9.91. The van der Waals surface area contributed by atoms with E-state index in [-0.39, 0.29) is 18.4 Å². The molecule has 0 aliphatic heterocycles. The van der Waals surface area contributed by atoms with E-state index in [1.54, 1.807) is 36.3 Å². The number of amides is 2. The predicted molar refractivity (Wildman–Crippen MR) is 128 cm³/mol. The highest BCUT2D eigenvalue weighted by Gasteiger charge is 2.36. The van der Waals surface area contributed by atoms with Crippen LogP contribution in [0.2, 0.25) is 0 Å². The van der Waals surface area contributed by atoms with Crippen molar-refractivity contribution in [2.24, 2.45) is 5.41 Å². The van der Waals surface area contributed by atoms with Gasteiger partial charge >= 0.3 is 0 Å². The average Bonchev–Trinajstić information content (AvgIpc) is 3.25. The van der Waals surface area contributed by atoms with E-state index >= 15 is 0 Å². The molecule has 0 fully saturated rings. The summed E-state index contributed by atoms with van der Waals surface area (Å²) in [7, 11) is 3.20. The van der Waals surface area contributed by atoms with E-state index in [1.165, 1.54) is 0 Å². The molecule has 0 saturated heterocycles. The van der Waals surface area contributed by atoms with Gasteiger partial charge in [0, 0.05) is 17.5 Å². The van der Waals surface area contributed by atoms with Crippen LogP contribution in [0, 0.1) is 5.41 Å². The minimum atomic E-state index is -0.584. The first-order valence-corrected chi connectivity index (χ1v) is 11.2. The van der Waals surface area contributed by atoms with Crippen LogP contribution in [0.5, 0.6) is 11.5 Å². The Morgan fingerprint density at radius 2 is 1.64 bits per heavy atom. The Kier molecular flexibility index (Phi) is 8.58. The first-order valence-electron chi connectivity index (χ1n) is 11.2. The fourth-order valence-electron chi connectivity index (χ4n) is 3.44. The molecule has 2 amide bonds. The van der Waals surface area contributed by atoms with Crippen molar-refractivity contribution in [3.05, 3.63) is 47.9 Å². The fraction of sp³-hybridized carbons (Fsp3) is 0.538. The van der Waals surface area contributed by atoms with Crippen molar-refractivity contribution < 1.29 is 23.5 Å². The van der Waals surface area contributed by atoms with E-state index in [0.29, 0.717) is 36.8 Å². The van der Waals surface area contributed by atoms with Crippen molar-refractivity contribution in [2.45, 2.75) is 60.0 Å². The summed E-state index contributed by atoms with van der Waals surface area (Å²) in [6, 6.07) is 9.38. The molecule has 1 heterocycles. The Bertz CT molecular complexity index is 923. The average molecular weight is 459 g/mol. The Morgan fingerprint density at radius 1 is 0.970 bits per heavy atom. The van der Waals surface area contributed by atoms with Gasteiger partial charge in [-0.15, -0.1) is 0 Å². The third-order valence-electron chi connectivity index (χ3n) is 5.39. The summed E-state index contributed by atoms with van der Waals surface area (Å²) in [5, 5.41) is 0. The monoisotopic (exact) mass is 458 g/mol. The summed E-state index contributed by atoms with van der Waals surface area (Å²) in [4.78, 5) is 30.0. The summed E-state index contributed by atoms with van der Waals surface area (Å²) in [6.07, 6.45) is 2.21. The molecule has 7 nitrogen and oxygen atoms in total. The van der Waals surface area contributed by atoms with Crippen LogP contribution in [-0.2, 0) is 22.6 Å². The van der Waals surface area contributed by atoms with Crippen LogP contribution in [0.1, 0.15) is 52.9 Å². The summed E-state index contributed by atoms with van der Waals surface area (Å²) < 4.78 is 16.2. The zero-order valence-electron chi connectivity index (χ0n) is 21.2. The Labute approximate surface area is 197 Å². The van der Waals surface area contributed by atoms with Crippen LogP contribution in [-0.4, -0.2) is 54.5 Å². The van der Waals surface area contributed by atoms with Crippen molar-refractivity contribution in [1.82, 2.24) is 9.80 Å².